The van der Waals surface area contributed by atoms with E-state index < -0.39 is 0 Å². The molecule has 1 N–H and O–H groups in total. The predicted molar refractivity (Wildman–Crippen MR) is 178 cm³/mol. The lowest BCUT2D eigenvalue weighted by Gasteiger charge is -2.41. The number of likely N-dealkylation sites (N-methyl/N-ethyl adjacent to an activating group) is 1. The summed E-state index contributed by atoms with van der Waals surface area (Å²) in [6, 6.07) is 16.2. The molecule has 4 heterocycles. The van der Waals surface area contributed by atoms with Gasteiger partial charge in [0, 0.05) is 48.3 Å². The van der Waals surface area contributed by atoms with Gasteiger partial charge in [0.1, 0.15) is 0 Å². The van der Waals surface area contributed by atoms with E-state index >= 15 is 0 Å². The zero-order valence-electron chi connectivity index (χ0n) is 24.3. The van der Waals surface area contributed by atoms with E-state index in [1.54, 1.807) is 0 Å². The van der Waals surface area contributed by atoms with E-state index in [9.17, 15) is 0 Å². The number of fused-ring (bicyclic) bond motifs is 1. The third-order valence-electron chi connectivity index (χ3n) is 9.09. The van der Waals surface area contributed by atoms with Crippen molar-refractivity contribution in [3.63, 3.8) is 0 Å². The van der Waals surface area contributed by atoms with Crippen molar-refractivity contribution in [2.75, 3.05) is 34.8 Å². The van der Waals surface area contributed by atoms with E-state index in [4.69, 9.17) is 40.4 Å². The fraction of sp³-hybridized carbons (Fsp3) is 0.394. The molecule has 0 saturated carbocycles. The zero-order valence-corrected chi connectivity index (χ0v) is 26.6. The number of thiocarbonyl (C=S) groups is 1. The summed E-state index contributed by atoms with van der Waals surface area (Å²) in [4.78, 5) is 11.6. The van der Waals surface area contributed by atoms with Crippen molar-refractivity contribution in [1.82, 2.24) is 10.3 Å². The summed E-state index contributed by atoms with van der Waals surface area (Å²) < 4.78 is 0. The summed E-state index contributed by atoms with van der Waals surface area (Å²) in [6.45, 7) is 11.0. The minimum atomic E-state index is -0.221. The van der Waals surface area contributed by atoms with Crippen LogP contribution in [0.1, 0.15) is 69.4 Å². The highest BCUT2D eigenvalue weighted by Gasteiger charge is 2.43. The molecule has 214 valence electrons. The maximum atomic E-state index is 7.17. The molecule has 6 rings (SSSR count). The number of anilines is 3. The Morgan fingerprint density at radius 3 is 2.44 bits per heavy atom. The molecule has 0 spiro atoms. The monoisotopic (exact) mass is 605 g/mol. The number of hydrogen-bond donors (Lipinski definition) is 1. The molecule has 0 bridgehead atoms. The van der Waals surface area contributed by atoms with E-state index in [1.807, 2.05) is 30.5 Å². The number of piperidine rings is 1. The topological polar surface area (TPSA) is 34.6 Å². The van der Waals surface area contributed by atoms with Crippen molar-refractivity contribution < 1.29 is 0 Å². The van der Waals surface area contributed by atoms with Gasteiger partial charge in [-0.15, -0.1) is 0 Å². The maximum absolute atomic E-state index is 7.17. The summed E-state index contributed by atoms with van der Waals surface area (Å²) in [7, 11) is 2.12. The van der Waals surface area contributed by atoms with Gasteiger partial charge in [-0.1, -0.05) is 42.3 Å². The van der Waals surface area contributed by atoms with Crippen LogP contribution in [-0.2, 0) is 0 Å². The summed E-state index contributed by atoms with van der Waals surface area (Å²) in [5.74, 6) is 0.757. The molecule has 5 nitrogen and oxygen atoms in total. The average Bonchev–Trinajstić information content (AvgIpc) is 3.29. The molecular weight excluding hydrogens is 569 g/mol. The van der Waals surface area contributed by atoms with Gasteiger partial charge in [-0.25, -0.2) is 0 Å². The molecule has 0 amide bonds. The van der Waals surface area contributed by atoms with Crippen molar-refractivity contribution in [1.29, 1.82) is 0 Å². The van der Waals surface area contributed by atoms with E-state index in [1.165, 1.54) is 24.0 Å². The molecule has 8 heteroatoms. The SMILES string of the molecule is CC1=CC(C)(C)N(C)c2cc(Cl)c([C@H]3[C@@H](c4ccccn4)NC(=S)N3c3ccc(N4CCC(C)CC4)c(Cl)c3)cc21. The number of benzene rings is 2. The number of pyridine rings is 1. The number of allylic oxidation sites excluding steroid dienone is 1. The smallest absolute Gasteiger partial charge is 0.174 e. The van der Waals surface area contributed by atoms with Crippen LogP contribution in [0.15, 0.2) is 60.8 Å². The summed E-state index contributed by atoms with van der Waals surface area (Å²) in [6.07, 6.45) is 6.51. The van der Waals surface area contributed by atoms with Crippen LogP contribution in [-0.4, -0.2) is 35.8 Å². The molecule has 2 atom stereocenters. The first-order chi connectivity index (χ1) is 19.5. The summed E-state index contributed by atoms with van der Waals surface area (Å²) in [5.41, 5.74) is 7.36. The molecule has 0 aliphatic carbocycles. The second-order valence-corrected chi connectivity index (χ2v) is 13.4. The predicted octanol–water partition coefficient (Wildman–Crippen LogP) is 8.43. The molecule has 3 aliphatic rings. The molecule has 3 aromatic rings. The van der Waals surface area contributed by atoms with Gasteiger partial charge in [0.15, 0.2) is 5.11 Å². The van der Waals surface area contributed by atoms with Crippen LogP contribution in [0.25, 0.3) is 5.57 Å². The van der Waals surface area contributed by atoms with E-state index in [2.05, 4.69) is 85.1 Å². The Balaban J connectivity index is 1.45. The van der Waals surface area contributed by atoms with Gasteiger partial charge in [-0.3, -0.25) is 4.98 Å². The Morgan fingerprint density at radius 1 is 1.00 bits per heavy atom. The van der Waals surface area contributed by atoms with Gasteiger partial charge in [0.2, 0.25) is 0 Å². The fourth-order valence-electron chi connectivity index (χ4n) is 6.51. The zero-order chi connectivity index (χ0) is 29.1. The Morgan fingerprint density at radius 2 is 1.76 bits per heavy atom. The second kappa shape index (κ2) is 10.8. The van der Waals surface area contributed by atoms with Gasteiger partial charge >= 0.3 is 0 Å². The van der Waals surface area contributed by atoms with Gasteiger partial charge < -0.3 is 20.0 Å². The highest BCUT2D eigenvalue weighted by Crippen LogP contribution is 2.48. The molecule has 2 fully saturated rings. The van der Waals surface area contributed by atoms with Gasteiger partial charge in [-0.2, -0.15) is 0 Å². The molecule has 1 aromatic heterocycles. The van der Waals surface area contributed by atoms with Crippen LogP contribution < -0.4 is 20.0 Å². The number of rotatable bonds is 4. The normalized spacial score (nSPS) is 22.5. The van der Waals surface area contributed by atoms with Crippen molar-refractivity contribution in [2.45, 2.75) is 58.2 Å². The van der Waals surface area contributed by atoms with Gasteiger partial charge in [0.05, 0.1) is 34.0 Å². The van der Waals surface area contributed by atoms with Crippen LogP contribution in [0.2, 0.25) is 10.0 Å². The quantitative estimate of drug-likeness (QED) is 0.301. The van der Waals surface area contributed by atoms with E-state index in [0.717, 1.165) is 52.3 Å². The lowest BCUT2D eigenvalue weighted by atomic mass is 9.86. The van der Waals surface area contributed by atoms with Crippen LogP contribution in [0.4, 0.5) is 17.1 Å². The van der Waals surface area contributed by atoms with E-state index in [-0.39, 0.29) is 17.6 Å². The van der Waals surface area contributed by atoms with Crippen LogP contribution in [0.3, 0.4) is 0 Å². The molecule has 2 aromatic carbocycles. The number of halogens is 2. The number of nitrogens with one attached hydrogen (secondary N) is 1. The number of aromatic nitrogens is 1. The van der Waals surface area contributed by atoms with Crippen LogP contribution >= 0.6 is 35.4 Å². The van der Waals surface area contributed by atoms with Crippen molar-refractivity contribution in [2.24, 2.45) is 5.92 Å². The third kappa shape index (κ3) is 5.09. The Kier molecular flexibility index (Phi) is 7.46. The maximum Gasteiger partial charge on any atom is 0.174 e. The number of nitrogens with zero attached hydrogens (tertiary/aromatic N) is 4. The second-order valence-electron chi connectivity index (χ2n) is 12.2. The van der Waals surface area contributed by atoms with Gasteiger partial charge in [-0.05, 0) is 105 Å². The molecule has 0 unspecified atom stereocenters. The van der Waals surface area contributed by atoms with Crippen molar-refractivity contribution in [3.05, 3.63) is 87.7 Å². The lowest BCUT2D eigenvalue weighted by molar-refractivity contribution is 0.438. The van der Waals surface area contributed by atoms with E-state index in [0.29, 0.717) is 10.1 Å². The first-order valence-electron chi connectivity index (χ1n) is 14.4. The molecule has 2 saturated heterocycles. The summed E-state index contributed by atoms with van der Waals surface area (Å²) >= 11 is 20.1. The molecule has 3 aliphatic heterocycles. The summed E-state index contributed by atoms with van der Waals surface area (Å²) in [5, 5.41) is 5.63. The minimum Gasteiger partial charge on any atom is -0.370 e. The first-order valence-corrected chi connectivity index (χ1v) is 15.5. The molecule has 41 heavy (non-hydrogen) atoms. The van der Waals surface area contributed by atoms with Crippen molar-refractivity contribution >= 4 is 63.2 Å². The third-order valence-corrected chi connectivity index (χ3v) is 10.0. The molecular formula is C33H37Cl2N5S. The van der Waals surface area contributed by atoms with Crippen LogP contribution in [0.5, 0.6) is 0 Å². The highest BCUT2D eigenvalue weighted by atomic mass is 35.5. The van der Waals surface area contributed by atoms with Crippen molar-refractivity contribution in [3.8, 4) is 0 Å². The standard InChI is InChI=1S/C33H37Cl2N5S/c1-20-11-14-39(15-12-20)28-10-9-22(16-26(28)35)40-31(30(37-32(40)41)27-8-6-7-13-36-27)24-17-23-21(2)19-33(3,4)38(5)29(23)18-25(24)34/h6-10,13,16-20,30-31H,11-12,14-15H2,1-5H3,(H,37,41)/t30-,31+/m1/s1. The van der Waals surface area contributed by atoms with Gasteiger partial charge in [0.25, 0.3) is 0 Å². The highest BCUT2D eigenvalue weighted by molar-refractivity contribution is 7.80. The lowest BCUT2D eigenvalue weighted by Crippen LogP contribution is -2.42. The Bertz CT molecular complexity index is 1510. The fourth-order valence-corrected chi connectivity index (χ4v) is 7.42. The first kappa shape index (κ1) is 28.3. The molecule has 0 radical (unpaired) electrons. The van der Waals surface area contributed by atoms with Crippen LogP contribution in [0, 0.1) is 5.92 Å². The Hall–Kier alpha value is -2.80. The minimum absolute atomic E-state index is 0.105. The number of hydrogen-bond acceptors (Lipinski definition) is 4. The largest absolute Gasteiger partial charge is 0.370 e. The Labute approximate surface area is 259 Å². The average molecular weight is 607 g/mol.